The van der Waals surface area contributed by atoms with Crippen molar-refractivity contribution in [3.8, 4) is 11.3 Å². The van der Waals surface area contributed by atoms with Crippen molar-refractivity contribution in [1.29, 1.82) is 0 Å². The molecule has 3 aromatic rings. The zero-order valence-corrected chi connectivity index (χ0v) is 14.6. The van der Waals surface area contributed by atoms with E-state index >= 15 is 0 Å². The Kier molecular flexibility index (Phi) is 4.31. The van der Waals surface area contributed by atoms with Gasteiger partial charge in [0, 0.05) is 5.69 Å². The van der Waals surface area contributed by atoms with Gasteiger partial charge in [-0.3, -0.25) is 4.79 Å². The van der Waals surface area contributed by atoms with Crippen LogP contribution >= 0.6 is 15.9 Å². The number of aromatic nitrogens is 3. The molecule has 3 aromatic heterocycles. The summed E-state index contributed by atoms with van der Waals surface area (Å²) >= 11 is 3.32. The molecule has 1 N–H and O–H groups in total. The predicted molar refractivity (Wildman–Crippen MR) is 86.1 cm³/mol. The molecule has 1 amide bonds. The van der Waals surface area contributed by atoms with Gasteiger partial charge in [-0.05, 0) is 35.8 Å². The van der Waals surface area contributed by atoms with E-state index in [-0.39, 0.29) is 11.2 Å². The van der Waals surface area contributed by atoms with Crippen molar-refractivity contribution in [3.63, 3.8) is 0 Å². The Morgan fingerprint density at radius 3 is 2.72 bits per heavy atom. The lowest BCUT2D eigenvalue weighted by molar-refractivity contribution is -0.149. The number of hydrogen-bond donors (Lipinski definition) is 1. The highest BCUT2D eigenvalue weighted by atomic mass is 79.9. The molecule has 25 heavy (non-hydrogen) atoms. The quantitative estimate of drug-likeness (QED) is 0.705. The number of aryl methyl sites for hydroxylation is 1. The average molecular weight is 417 g/mol. The molecule has 0 bridgehead atoms. The smallest absolute Gasteiger partial charge is 0.408 e. The van der Waals surface area contributed by atoms with Crippen molar-refractivity contribution in [2.45, 2.75) is 26.1 Å². The van der Waals surface area contributed by atoms with Crippen LogP contribution in [0, 0.1) is 6.92 Å². The molecule has 1 atom stereocenters. The number of furan rings is 1. The number of halogens is 4. The summed E-state index contributed by atoms with van der Waals surface area (Å²) in [5.41, 5.74) is 1.94. The lowest BCUT2D eigenvalue weighted by atomic mass is 10.2. The second-order valence-corrected chi connectivity index (χ2v) is 6.30. The third-order valence-electron chi connectivity index (χ3n) is 3.62. The van der Waals surface area contributed by atoms with E-state index in [1.807, 2.05) is 5.32 Å². The van der Waals surface area contributed by atoms with Gasteiger partial charge in [-0.2, -0.15) is 18.3 Å². The minimum absolute atomic E-state index is 0.0410. The molecule has 0 aliphatic heterocycles. The van der Waals surface area contributed by atoms with Crippen molar-refractivity contribution in [3.05, 3.63) is 40.5 Å². The summed E-state index contributed by atoms with van der Waals surface area (Å²) < 4.78 is 45.1. The van der Waals surface area contributed by atoms with Crippen LogP contribution in [0.3, 0.4) is 0 Å². The first-order valence-electron chi connectivity index (χ1n) is 7.13. The van der Waals surface area contributed by atoms with Gasteiger partial charge in [-0.25, -0.2) is 9.50 Å². The molecule has 6 nitrogen and oxygen atoms in total. The first-order chi connectivity index (χ1) is 11.7. The van der Waals surface area contributed by atoms with E-state index in [9.17, 15) is 18.0 Å². The lowest BCUT2D eigenvalue weighted by Gasteiger charge is -2.16. The number of carbonyl (C=O) groups is 1. The van der Waals surface area contributed by atoms with Gasteiger partial charge in [-0.15, -0.1) is 0 Å². The highest BCUT2D eigenvalue weighted by molar-refractivity contribution is 9.10. The number of fused-ring (bicyclic) bond motifs is 1. The summed E-state index contributed by atoms with van der Waals surface area (Å²) in [5.74, 6) is -0.893. The fourth-order valence-corrected chi connectivity index (χ4v) is 2.64. The molecule has 3 heterocycles. The van der Waals surface area contributed by atoms with Crippen LogP contribution in [0.4, 0.5) is 13.2 Å². The molecule has 10 heteroatoms. The minimum Gasteiger partial charge on any atom is -0.471 e. The Labute approximate surface area is 148 Å². The van der Waals surface area contributed by atoms with Crippen molar-refractivity contribution >= 4 is 27.5 Å². The second kappa shape index (κ2) is 6.17. The third kappa shape index (κ3) is 3.26. The zero-order valence-electron chi connectivity index (χ0n) is 13.1. The van der Waals surface area contributed by atoms with Gasteiger partial charge in [0.25, 0.3) is 5.91 Å². The van der Waals surface area contributed by atoms with Crippen LogP contribution in [-0.4, -0.2) is 32.7 Å². The van der Waals surface area contributed by atoms with Gasteiger partial charge in [0.15, 0.2) is 5.65 Å². The van der Waals surface area contributed by atoms with E-state index in [1.165, 1.54) is 23.2 Å². The summed E-state index contributed by atoms with van der Waals surface area (Å²) in [6.07, 6.45) is -0.382. The van der Waals surface area contributed by atoms with Gasteiger partial charge < -0.3 is 9.73 Å². The van der Waals surface area contributed by atoms with E-state index in [0.717, 1.165) is 6.92 Å². The highest BCUT2D eigenvalue weighted by Crippen LogP contribution is 2.29. The molecule has 0 aromatic carbocycles. The van der Waals surface area contributed by atoms with Crippen LogP contribution in [0.15, 0.2) is 33.7 Å². The minimum atomic E-state index is -4.53. The third-order valence-corrected chi connectivity index (χ3v) is 4.24. The standard InChI is InChI=1S/C15H12BrF3N4O2/c1-7-3-12(10-5-25-6-11(10)16)22-13-9(4-20-23(7)13)14(24)21-8(2)15(17,18)19/h3-6,8H,1-2H3,(H,21,24). The molecule has 0 radical (unpaired) electrons. The van der Waals surface area contributed by atoms with Gasteiger partial charge in [0.05, 0.1) is 21.9 Å². The molecule has 0 saturated carbocycles. The number of nitrogens with one attached hydrogen (secondary N) is 1. The molecule has 3 rings (SSSR count). The summed E-state index contributed by atoms with van der Waals surface area (Å²) in [5, 5.41) is 5.94. The van der Waals surface area contributed by atoms with E-state index in [0.29, 0.717) is 21.4 Å². The number of amides is 1. The van der Waals surface area contributed by atoms with E-state index < -0.39 is 18.1 Å². The predicted octanol–water partition coefficient (Wildman–Crippen LogP) is 3.74. The van der Waals surface area contributed by atoms with E-state index in [4.69, 9.17) is 4.42 Å². The molecule has 0 aliphatic rings. The van der Waals surface area contributed by atoms with Crippen LogP contribution < -0.4 is 5.32 Å². The van der Waals surface area contributed by atoms with Crippen LogP contribution in [-0.2, 0) is 0 Å². The number of hydrogen-bond acceptors (Lipinski definition) is 4. The normalized spacial score (nSPS) is 13.2. The Hall–Kier alpha value is -2.36. The fraction of sp³-hybridized carbons (Fsp3) is 0.267. The maximum Gasteiger partial charge on any atom is 0.408 e. The molecular weight excluding hydrogens is 405 g/mol. The van der Waals surface area contributed by atoms with Crippen LogP contribution in [0.25, 0.3) is 16.9 Å². The van der Waals surface area contributed by atoms with Crippen LogP contribution in [0.2, 0.25) is 0 Å². The number of nitrogens with zero attached hydrogens (tertiary/aromatic N) is 3. The second-order valence-electron chi connectivity index (χ2n) is 5.45. The molecule has 132 valence electrons. The first-order valence-corrected chi connectivity index (χ1v) is 7.93. The van der Waals surface area contributed by atoms with Gasteiger partial charge >= 0.3 is 6.18 Å². The van der Waals surface area contributed by atoms with E-state index in [2.05, 4.69) is 26.0 Å². The van der Waals surface area contributed by atoms with Gasteiger partial charge in [0.1, 0.15) is 24.1 Å². The molecule has 0 aliphatic carbocycles. The van der Waals surface area contributed by atoms with E-state index in [1.54, 1.807) is 13.0 Å². The molecule has 0 saturated heterocycles. The maximum atomic E-state index is 12.7. The topological polar surface area (TPSA) is 72.4 Å². The van der Waals surface area contributed by atoms with Crippen LogP contribution in [0.1, 0.15) is 23.0 Å². The molecular formula is C15H12BrF3N4O2. The number of alkyl halides is 3. The summed E-state index contributed by atoms with van der Waals surface area (Å²) in [7, 11) is 0. The Morgan fingerprint density at radius 2 is 2.12 bits per heavy atom. The Morgan fingerprint density at radius 1 is 1.40 bits per heavy atom. The van der Waals surface area contributed by atoms with Crippen LogP contribution in [0.5, 0.6) is 0 Å². The summed E-state index contributed by atoms with van der Waals surface area (Å²) in [6.45, 7) is 2.62. The van der Waals surface area contributed by atoms with Crippen molar-refractivity contribution < 1.29 is 22.4 Å². The monoisotopic (exact) mass is 416 g/mol. The van der Waals surface area contributed by atoms with Crippen molar-refractivity contribution in [2.75, 3.05) is 0 Å². The average Bonchev–Trinajstić information content (AvgIpc) is 3.12. The largest absolute Gasteiger partial charge is 0.471 e. The zero-order chi connectivity index (χ0) is 18.4. The fourth-order valence-electron chi connectivity index (χ4n) is 2.23. The number of carbonyl (C=O) groups excluding carboxylic acids is 1. The van der Waals surface area contributed by atoms with Gasteiger partial charge in [0.2, 0.25) is 0 Å². The van der Waals surface area contributed by atoms with Gasteiger partial charge in [-0.1, -0.05) is 0 Å². The highest BCUT2D eigenvalue weighted by Gasteiger charge is 2.37. The Bertz CT molecular complexity index is 948. The molecule has 0 fully saturated rings. The summed E-state index contributed by atoms with van der Waals surface area (Å²) in [4.78, 5) is 16.6. The summed E-state index contributed by atoms with van der Waals surface area (Å²) in [6, 6.07) is -0.252. The molecule has 0 spiro atoms. The maximum absolute atomic E-state index is 12.7. The van der Waals surface area contributed by atoms with Crippen molar-refractivity contribution in [2.24, 2.45) is 0 Å². The molecule has 1 unspecified atom stereocenters. The first kappa shape index (κ1) is 17.5. The SMILES string of the molecule is Cc1cc(-c2cocc2Br)nc2c(C(=O)NC(C)C(F)(F)F)cnn12. The Balaban J connectivity index is 2.04. The lowest BCUT2D eigenvalue weighted by Crippen LogP contribution is -2.43. The van der Waals surface area contributed by atoms with Crippen molar-refractivity contribution in [1.82, 2.24) is 19.9 Å². The number of rotatable bonds is 3.